The van der Waals surface area contributed by atoms with Gasteiger partial charge in [-0.15, -0.1) is 0 Å². The predicted octanol–water partition coefficient (Wildman–Crippen LogP) is 3.40. The molecule has 19 heavy (non-hydrogen) atoms. The van der Waals surface area contributed by atoms with Crippen molar-refractivity contribution in [1.82, 2.24) is 9.97 Å². The van der Waals surface area contributed by atoms with E-state index < -0.39 is 0 Å². The summed E-state index contributed by atoms with van der Waals surface area (Å²) in [4.78, 5) is 10.6. The number of rotatable bonds is 1. The molecule has 1 aliphatic heterocycles. The Morgan fingerprint density at radius 3 is 2.89 bits per heavy atom. The molecule has 100 valence electrons. The van der Waals surface area contributed by atoms with Crippen molar-refractivity contribution in [3.63, 3.8) is 0 Å². The average molecular weight is 293 g/mol. The lowest BCUT2D eigenvalue weighted by Crippen LogP contribution is -2.28. The van der Waals surface area contributed by atoms with E-state index in [2.05, 4.69) is 29.1 Å². The zero-order valence-electron chi connectivity index (χ0n) is 11.1. The zero-order chi connectivity index (χ0) is 13.6. The van der Waals surface area contributed by atoms with Gasteiger partial charge in [0, 0.05) is 15.5 Å². The lowest BCUT2D eigenvalue weighted by Gasteiger charge is -2.36. The molecule has 3 rings (SSSR count). The third-order valence-corrected chi connectivity index (χ3v) is 4.94. The Hall–Kier alpha value is -1.14. The molecule has 0 spiro atoms. The molecule has 2 aliphatic rings. The Morgan fingerprint density at radius 2 is 2.16 bits per heavy atom. The normalized spacial score (nSPS) is 20.5. The van der Waals surface area contributed by atoms with Crippen molar-refractivity contribution in [1.29, 1.82) is 0 Å². The van der Waals surface area contributed by atoms with Crippen LogP contribution in [0.25, 0.3) is 0 Å². The standard InChI is InChI=1S/C13H15N3OS2/c1-13(2)4-7-10(8(18)5-13)19-12-9(16-7)11(17-3)14-6-15-12/h6,16H,4-5H2,1-3H3. The highest BCUT2D eigenvalue weighted by molar-refractivity contribution is 8.05. The SMILES string of the molecule is COc1ncnc2c1NC1=C(S2)C(=S)CC(C)(C)C1. The van der Waals surface area contributed by atoms with Crippen LogP contribution < -0.4 is 10.1 Å². The van der Waals surface area contributed by atoms with Gasteiger partial charge in [0.1, 0.15) is 17.0 Å². The van der Waals surface area contributed by atoms with E-state index >= 15 is 0 Å². The van der Waals surface area contributed by atoms with Crippen molar-refractivity contribution < 1.29 is 4.74 Å². The fourth-order valence-electron chi connectivity index (χ4n) is 2.46. The Bertz CT molecular complexity index is 596. The molecule has 0 amide bonds. The summed E-state index contributed by atoms with van der Waals surface area (Å²) in [5, 5.41) is 4.31. The summed E-state index contributed by atoms with van der Waals surface area (Å²) in [7, 11) is 1.62. The highest BCUT2D eigenvalue weighted by Crippen LogP contribution is 2.49. The van der Waals surface area contributed by atoms with Gasteiger partial charge in [-0.2, -0.15) is 4.98 Å². The largest absolute Gasteiger partial charge is 0.479 e. The summed E-state index contributed by atoms with van der Waals surface area (Å²) in [5.74, 6) is 0.582. The van der Waals surface area contributed by atoms with Crippen LogP contribution in [0.2, 0.25) is 0 Å². The third-order valence-electron chi connectivity index (χ3n) is 3.27. The molecular formula is C13H15N3OS2. The number of anilines is 1. The lowest BCUT2D eigenvalue weighted by atomic mass is 9.79. The maximum Gasteiger partial charge on any atom is 0.241 e. The molecule has 0 unspecified atom stereocenters. The molecule has 2 heterocycles. The van der Waals surface area contributed by atoms with E-state index in [9.17, 15) is 0 Å². The number of thioether (sulfide) groups is 1. The van der Waals surface area contributed by atoms with E-state index in [0.29, 0.717) is 5.88 Å². The first-order chi connectivity index (χ1) is 9.00. The van der Waals surface area contributed by atoms with E-state index in [1.165, 1.54) is 12.0 Å². The number of ether oxygens (including phenoxy) is 1. The van der Waals surface area contributed by atoms with Gasteiger partial charge in [0.15, 0.2) is 0 Å². The minimum Gasteiger partial charge on any atom is -0.479 e. The summed E-state index contributed by atoms with van der Waals surface area (Å²) in [6.07, 6.45) is 3.45. The van der Waals surface area contributed by atoms with Crippen LogP contribution in [0, 0.1) is 5.41 Å². The fourth-order valence-corrected chi connectivity index (χ4v) is 4.07. The molecule has 1 aliphatic carbocycles. The van der Waals surface area contributed by atoms with E-state index in [1.807, 2.05) is 0 Å². The number of methoxy groups -OCH3 is 1. The van der Waals surface area contributed by atoms with Crippen LogP contribution in [0.4, 0.5) is 5.69 Å². The Kier molecular flexibility index (Phi) is 3.02. The van der Waals surface area contributed by atoms with Gasteiger partial charge in [0.05, 0.1) is 7.11 Å². The molecule has 0 bridgehead atoms. The molecule has 1 aromatic rings. The minimum absolute atomic E-state index is 0.198. The number of thiocarbonyl (C=S) groups is 1. The zero-order valence-corrected chi connectivity index (χ0v) is 12.7. The lowest BCUT2D eigenvalue weighted by molar-refractivity contribution is 0.374. The van der Waals surface area contributed by atoms with Gasteiger partial charge in [-0.05, 0) is 18.3 Å². The van der Waals surface area contributed by atoms with Crippen LogP contribution in [0.3, 0.4) is 0 Å². The van der Waals surface area contributed by atoms with Crippen LogP contribution in [0.1, 0.15) is 26.7 Å². The first-order valence-corrected chi connectivity index (χ1v) is 7.33. The summed E-state index contributed by atoms with van der Waals surface area (Å²) in [6.45, 7) is 4.48. The first kappa shape index (κ1) is 12.9. The molecule has 1 aromatic heterocycles. The minimum atomic E-state index is 0.198. The van der Waals surface area contributed by atoms with Crippen LogP contribution in [-0.4, -0.2) is 21.9 Å². The highest BCUT2D eigenvalue weighted by atomic mass is 32.2. The van der Waals surface area contributed by atoms with Crippen molar-refractivity contribution in [2.45, 2.75) is 31.7 Å². The predicted molar refractivity (Wildman–Crippen MR) is 80.7 cm³/mol. The van der Waals surface area contributed by atoms with Gasteiger partial charge in [-0.25, -0.2) is 4.98 Å². The molecule has 0 atom stereocenters. The maximum atomic E-state index is 5.55. The number of hydrogen-bond acceptors (Lipinski definition) is 6. The first-order valence-electron chi connectivity index (χ1n) is 6.10. The molecule has 0 radical (unpaired) electrons. The summed E-state index contributed by atoms with van der Waals surface area (Å²) in [5.41, 5.74) is 2.23. The maximum absolute atomic E-state index is 5.55. The molecule has 0 saturated carbocycles. The quantitative estimate of drug-likeness (QED) is 0.632. The number of aromatic nitrogens is 2. The fraction of sp³-hybridized carbons (Fsp3) is 0.462. The van der Waals surface area contributed by atoms with Crippen molar-refractivity contribution in [2.75, 3.05) is 12.4 Å². The number of nitrogens with one attached hydrogen (secondary N) is 1. The van der Waals surface area contributed by atoms with Crippen molar-refractivity contribution in [2.24, 2.45) is 5.41 Å². The van der Waals surface area contributed by atoms with E-state index in [0.717, 1.165) is 33.3 Å². The average Bonchev–Trinajstić information content (AvgIpc) is 2.35. The van der Waals surface area contributed by atoms with Crippen molar-refractivity contribution in [3.05, 3.63) is 16.9 Å². The topological polar surface area (TPSA) is 47.0 Å². The van der Waals surface area contributed by atoms with E-state index in [1.54, 1.807) is 18.9 Å². The van der Waals surface area contributed by atoms with Gasteiger partial charge >= 0.3 is 0 Å². The van der Waals surface area contributed by atoms with Gasteiger partial charge in [-0.1, -0.05) is 37.8 Å². The van der Waals surface area contributed by atoms with E-state index in [4.69, 9.17) is 17.0 Å². The molecule has 6 heteroatoms. The molecule has 0 saturated heterocycles. The second kappa shape index (κ2) is 4.45. The van der Waals surface area contributed by atoms with Crippen LogP contribution in [0.5, 0.6) is 5.88 Å². The summed E-state index contributed by atoms with van der Waals surface area (Å²) < 4.78 is 5.29. The second-order valence-corrected chi connectivity index (χ2v) is 7.03. The molecular weight excluding hydrogens is 278 g/mol. The third kappa shape index (κ3) is 2.23. The Morgan fingerprint density at radius 1 is 1.37 bits per heavy atom. The van der Waals surface area contributed by atoms with Gasteiger partial charge < -0.3 is 10.1 Å². The number of allylic oxidation sites excluding steroid dienone is 2. The molecule has 1 N–H and O–H groups in total. The smallest absolute Gasteiger partial charge is 0.241 e. The van der Waals surface area contributed by atoms with Crippen LogP contribution in [0.15, 0.2) is 22.0 Å². The summed E-state index contributed by atoms with van der Waals surface area (Å²) >= 11 is 7.17. The number of nitrogens with zero attached hydrogens (tertiary/aromatic N) is 2. The highest BCUT2D eigenvalue weighted by Gasteiger charge is 2.35. The summed E-state index contributed by atoms with van der Waals surface area (Å²) in [6, 6.07) is 0. The molecule has 0 fully saturated rings. The van der Waals surface area contributed by atoms with Crippen LogP contribution in [-0.2, 0) is 0 Å². The van der Waals surface area contributed by atoms with Gasteiger partial charge in [0.25, 0.3) is 0 Å². The van der Waals surface area contributed by atoms with Gasteiger partial charge in [-0.3, -0.25) is 0 Å². The Balaban J connectivity index is 2.04. The van der Waals surface area contributed by atoms with Crippen molar-refractivity contribution in [3.8, 4) is 5.88 Å². The molecule has 0 aromatic carbocycles. The van der Waals surface area contributed by atoms with E-state index in [-0.39, 0.29) is 5.41 Å². The second-order valence-electron chi connectivity index (χ2n) is 5.54. The number of fused-ring (bicyclic) bond motifs is 1. The Labute approximate surface area is 122 Å². The number of hydrogen-bond donors (Lipinski definition) is 1. The van der Waals surface area contributed by atoms with Gasteiger partial charge in [0.2, 0.25) is 5.88 Å². The monoisotopic (exact) mass is 293 g/mol. The van der Waals surface area contributed by atoms with Crippen LogP contribution >= 0.6 is 24.0 Å². The molecule has 4 nitrogen and oxygen atoms in total. The van der Waals surface area contributed by atoms with Crippen molar-refractivity contribution >= 4 is 34.5 Å².